The van der Waals surface area contributed by atoms with Crippen LogP contribution >= 0.6 is 23.8 Å². The maximum Gasteiger partial charge on any atom is 0.220 e. The van der Waals surface area contributed by atoms with Crippen molar-refractivity contribution in [3.05, 3.63) is 52.7 Å². The van der Waals surface area contributed by atoms with Crippen molar-refractivity contribution in [2.24, 2.45) is 5.73 Å². The maximum atomic E-state index is 5.80. The summed E-state index contributed by atoms with van der Waals surface area (Å²) in [6, 6.07) is 10.6. The number of aromatic nitrogens is 1. The van der Waals surface area contributed by atoms with E-state index in [1.807, 2.05) is 13.0 Å². The van der Waals surface area contributed by atoms with Crippen molar-refractivity contribution in [2.45, 2.75) is 6.92 Å². The Morgan fingerprint density at radius 3 is 2.56 bits per heavy atom. The van der Waals surface area contributed by atoms with E-state index in [1.165, 1.54) is 0 Å². The first-order valence-corrected chi connectivity index (χ1v) is 6.05. The number of rotatable bonds is 3. The zero-order chi connectivity index (χ0) is 13.1. The lowest BCUT2D eigenvalue weighted by Crippen LogP contribution is -2.10. The first-order chi connectivity index (χ1) is 8.54. The summed E-state index contributed by atoms with van der Waals surface area (Å²) in [5.41, 5.74) is 7.13. The van der Waals surface area contributed by atoms with Gasteiger partial charge in [0.15, 0.2) is 0 Å². The Morgan fingerprint density at radius 1 is 1.28 bits per heavy atom. The third kappa shape index (κ3) is 3.18. The minimum atomic E-state index is 0.321. The fourth-order valence-electron chi connectivity index (χ4n) is 1.46. The van der Waals surface area contributed by atoms with Gasteiger partial charge >= 0.3 is 0 Å². The molecule has 0 saturated heterocycles. The molecule has 0 amide bonds. The molecule has 2 N–H and O–H groups in total. The number of nitrogens with zero attached hydrogens (tertiary/aromatic N) is 1. The van der Waals surface area contributed by atoms with Crippen molar-refractivity contribution in [3.63, 3.8) is 0 Å². The quantitative estimate of drug-likeness (QED) is 0.874. The third-order valence-corrected chi connectivity index (χ3v) is 2.74. The van der Waals surface area contributed by atoms with E-state index in [4.69, 9.17) is 34.3 Å². The minimum absolute atomic E-state index is 0.321. The van der Waals surface area contributed by atoms with Gasteiger partial charge in [0.05, 0.1) is 0 Å². The van der Waals surface area contributed by atoms with Crippen molar-refractivity contribution < 1.29 is 4.74 Å². The fraction of sp³-hybridized carbons (Fsp3) is 0.0769. The van der Waals surface area contributed by atoms with E-state index in [0.717, 1.165) is 11.3 Å². The largest absolute Gasteiger partial charge is 0.439 e. The number of nitrogens with two attached hydrogens (primary N) is 1. The highest BCUT2D eigenvalue weighted by Crippen LogP contribution is 2.22. The Hall–Kier alpha value is -1.65. The van der Waals surface area contributed by atoms with Gasteiger partial charge in [-0.25, -0.2) is 4.98 Å². The molecule has 1 heterocycles. The lowest BCUT2D eigenvalue weighted by molar-refractivity contribution is 0.461. The molecule has 0 saturated carbocycles. The van der Waals surface area contributed by atoms with Crippen molar-refractivity contribution in [2.75, 3.05) is 0 Å². The van der Waals surface area contributed by atoms with E-state index >= 15 is 0 Å². The molecule has 2 rings (SSSR count). The van der Waals surface area contributed by atoms with Gasteiger partial charge < -0.3 is 10.5 Å². The van der Waals surface area contributed by atoms with E-state index in [9.17, 15) is 0 Å². The monoisotopic (exact) mass is 278 g/mol. The Balaban J connectivity index is 2.28. The summed E-state index contributed by atoms with van der Waals surface area (Å²) in [5.74, 6) is 1.12. The predicted octanol–water partition coefficient (Wildman–Crippen LogP) is 3.47. The SMILES string of the molecule is Cc1cc(C(N)=S)cc(Oc2ccc(Cl)cc2)n1. The Morgan fingerprint density at radius 2 is 1.94 bits per heavy atom. The molecule has 0 aliphatic rings. The lowest BCUT2D eigenvalue weighted by Gasteiger charge is -2.07. The summed E-state index contributed by atoms with van der Waals surface area (Å²) in [7, 11) is 0. The van der Waals surface area contributed by atoms with Crippen molar-refractivity contribution in [3.8, 4) is 11.6 Å². The van der Waals surface area contributed by atoms with Crippen LogP contribution in [-0.4, -0.2) is 9.97 Å². The van der Waals surface area contributed by atoms with E-state index < -0.39 is 0 Å². The number of thiocarbonyl (C=S) groups is 1. The molecule has 2 aromatic rings. The van der Waals surface area contributed by atoms with Crippen LogP contribution in [0.4, 0.5) is 0 Å². The molecule has 92 valence electrons. The molecular weight excluding hydrogens is 268 g/mol. The minimum Gasteiger partial charge on any atom is -0.439 e. The van der Waals surface area contributed by atoms with Gasteiger partial charge in [0, 0.05) is 22.3 Å². The molecule has 1 aromatic heterocycles. The number of ether oxygens (including phenoxy) is 1. The van der Waals surface area contributed by atoms with Crippen LogP contribution in [0.15, 0.2) is 36.4 Å². The first kappa shape index (κ1) is 12.8. The topological polar surface area (TPSA) is 48.1 Å². The molecule has 0 fully saturated rings. The second-order valence-electron chi connectivity index (χ2n) is 3.76. The average Bonchev–Trinajstić information content (AvgIpc) is 2.31. The summed E-state index contributed by atoms with van der Waals surface area (Å²) in [5, 5.41) is 0.656. The zero-order valence-electron chi connectivity index (χ0n) is 9.68. The molecule has 1 aromatic carbocycles. The molecule has 0 atom stereocenters. The second-order valence-corrected chi connectivity index (χ2v) is 4.63. The smallest absolute Gasteiger partial charge is 0.220 e. The summed E-state index contributed by atoms with van der Waals surface area (Å²) in [6.07, 6.45) is 0. The number of aryl methyl sites for hydroxylation is 1. The van der Waals surface area contributed by atoms with E-state index in [0.29, 0.717) is 21.6 Å². The van der Waals surface area contributed by atoms with E-state index in [-0.39, 0.29) is 0 Å². The van der Waals surface area contributed by atoms with Crippen LogP contribution in [-0.2, 0) is 0 Å². The van der Waals surface area contributed by atoms with Crippen LogP contribution in [0.3, 0.4) is 0 Å². The van der Waals surface area contributed by atoms with Gasteiger partial charge in [-0.2, -0.15) is 0 Å². The molecule has 0 aliphatic carbocycles. The standard InChI is InChI=1S/C13H11ClN2OS/c1-8-6-9(13(15)18)7-12(16-8)17-11-4-2-10(14)3-5-11/h2-7H,1H3,(H2,15,18). The van der Waals surface area contributed by atoms with Crippen LogP contribution in [0.5, 0.6) is 11.6 Å². The normalized spacial score (nSPS) is 10.1. The van der Waals surface area contributed by atoms with E-state index in [1.54, 1.807) is 30.3 Å². The van der Waals surface area contributed by atoms with Crippen molar-refractivity contribution in [1.82, 2.24) is 4.98 Å². The molecule has 0 spiro atoms. The molecule has 0 aliphatic heterocycles. The third-order valence-electron chi connectivity index (χ3n) is 2.25. The van der Waals surface area contributed by atoms with Crippen LogP contribution in [0.1, 0.15) is 11.3 Å². The van der Waals surface area contributed by atoms with Crippen LogP contribution < -0.4 is 10.5 Å². The van der Waals surface area contributed by atoms with Gasteiger partial charge in [-0.15, -0.1) is 0 Å². The highest BCUT2D eigenvalue weighted by Gasteiger charge is 2.04. The van der Waals surface area contributed by atoms with Gasteiger partial charge in [-0.1, -0.05) is 23.8 Å². The van der Waals surface area contributed by atoms with Gasteiger partial charge in [0.25, 0.3) is 0 Å². The number of hydrogen-bond acceptors (Lipinski definition) is 3. The summed E-state index contributed by atoms with van der Waals surface area (Å²) < 4.78 is 5.62. The molecular formula is C13H11ClN2OS. The number of hydrogen-bond donors (Lipinski definition) is 1. The van der Waals surface area contributed by atoms with Crippen molar-refractivity contribution >= 4 is 28.8 Å². The lowest BCUT2D eigenvalue weighted by atomic mass is 10.2. The summed E-state index contributed by atoms with van der Waals surface area (Å²) in [6.45, 7) is 1.86. The highest BCUT2D eigenvalue weighted by molar-refractivity contribution is 7.80. The summed E-state index contributed by atoms with van der Waals surface area (Å²) >= 11 is 10.7. The van der Waals surface area contributed by atoms with Crippen LogP contribution in [0, 0.1) is 6.92 Å². The average molecular weight is 279 g/mol. The van der Waals surface area contributed by atoms with Gasteiger partial charge in [-0.3, -0.25) is 0 Å². The Kier molecular flexibility index (Phi) is 3.79. The molecule has 0 radical (unpaired) electrons. The fourth-order valence-corrected chi connectivity index (χ4v) is 1.70. The second kappa shape index (κ2) is 5.33. The number of halogens is 1. The van der Waals surface area contributed by atoms with E-state index in [2.05, 4.69) is 4.98 Å². The molecule has 0 unspecified atom stereocenters. The van der Waals surface area contributed by atoms with Crippen LogP contribution in [0.2, 0.25) is 5.02 Å². The molecule has 0 bridgehead atoms. The summed E-state index contributed by atoms with van der Waals surface area (Å²) in [4.78, 5) is 4.58. The first-order valence-electron chi connectivity index (χ1n) is 5.26. The maximum absolute atomic E-state index is 5.80. The molecule has 5 heteroatoms. The van der Waals surface area contributed by atoms with Crippen LogP contribution in [0.25, 0.3) is 0 Å². The van der Waals surface area contributed by atoms with Gasteiger partial charge in [0.2, 0.25) is 5.88 Å². The highest BCUT2D eigenvalue weighted by atomic mass is 35.5. The Bertz CT molecular complexity index is 584. The Labute approximate surface area is 116 Å². The van der Waals surface area contributed by atoms with Gasteiger partial charge in [-0.05, 0) is 37.3 Å². The molecule has 18 heavy (non-hydrogen) atoms. The van der Waals surface area contributed by atoms with Gasteiger partial charge in [0.1, 0.15) is 10.7 Å². The van der Waals surface area contributed by atoms with Crippen molar-refractivity contribution in [1.29, 1.82) is 0 Å². The predicted molar refractivity (Wildman–Crippen MR) is 76.4 cm³/mol. The molecule has 3 nitrogen and oxygen atoms in total. The number of pyridine rings is 1. The number of benzene rings is 1. The zero-order valence-corrected chi connectivity index (χ0v) is 11.3.